The van der Waals surface area contributed by atoms with Crippen molar-refractivity contribution in [3.05, 3.63) is 42.1 Å². The summed E-state index contributed by atoms with van der Waals surface area (Å²) in [5.74, 6) is 0. The minimum absolute atomic E-state index is 0.295. The quantitative estimate of drug-likeness (QED) is 0.644. The van der Waals surface area contributed by atoms with Crippen molar-refractivity contribution >= 4 is 16.6 Å². The van der Waals surface area contributed by atoms with E-state index < -0.39 is 0 Å². The number of hydrogen-bond acceptors (Lipinski definition) is 5. The number of nitrogens with one attached hydrogen (secondary N) is 1. The summed E-state index contributed by atoms with van der Waals surface area (Å²) in [5.41, 5.74) is 2.75. The maximum atomic E-state index is 9.12. The van der Waals surface area contributed by atoms with Gasteiger partial charge in [-0.05, 0) is 13.0 Å². The van der Waals surface area contributed by atoms with E-state index in [1.54, 1.807) is 0 Å². The molecular formula is C15H16N4O. The van der Waals surface area contributed by atoms with E-state index in [0.29, 0.717) is 31.1 Å². The third kappa shape index (κ3) is 3.31. The van der Waals surface area contributed by atoms with Crippen LogP contribution in [0.4, 0.5) is 5.69 Å². The summed E-state index contributed by atoms with van der Waals surface area (Å²) in [6.45, 7) is 7.37. The molecule has 0 amide bonds. The van der Waals surface area contributed by atoms with E-state index in [2.05, 4.69) is 28.2 Å². The maximum Gasteiger partial charge on any atom is 0.186 e. The molecule has 1 aromatic heterocycles. The molecular weight excluding hydrogens is 252 g/mol. The first-order chi connectivity index (χ1) is 9.72. The highest BCUT2D eigenvalue weighted by molar-refractivity contribution is 5.92. The second-order valence-electron chi connectivity index (χ2n) is 4.49. The average Bonchev–Trinajstić information content (AvgIpc) is 2.46. The molecule has 0 aliphatic carbocycles. The second kappa shape index (κ2) is 6.64. The molecule has 0 saturated carbocycles. The third-order valence-electron chi connectivity index (χ3n) is 2.67. The molecule has 2 rings (SSSR count). The van der Waals surface area contributed by atoms with E-state index in [4.69, 9.17) is 10.00 Å². The van der Waals surface area contributed by atoms with Crippen LogP contribution < -0.4 is 5.32 Å². The predicted molar refractivity (Wildman–Crippen MR) is 78.4 cm³/mol. The van der Waals surface area contributed by atoms with Crippen LogP contribution in [0.5, 0.6) is 0 Å². The van der Waals surface area contributed by atoms with Crippen molar-refractivity contribution in [2.24, 2.45) is 0 Å². The van der Waals surface area contributed by atoms with Gasteiger partial charge in [0.1, 0.15) is 6.07 Å². The largest absolute Gasteiger partial charge is 0.380 e. The summed E-state index contributed by atoms with van der Waals surface area (Å²) in [6, 6.07) is 9.64. The summed E-state index contributed by atoms with van der Waals surface area (Å²) in [4.78, 5) is 0. The van der Waals surface area contributed by atoms with E-state index in [9.17, 15) is 0 Å². The second-order valence-corrected chi connectivity index (χ2v) is 4.49. The first-order valence-electron chi connectivity index (χ1n) is 6.34. The topological polar surface area (TPSA) is 70.8 Å². The lowest BCUT2D eigenvalue weighted by Crippen LogP contribution is -2.12. The normalized spacial score (nSPS) is 10.2. The van der Waals surface area contributed by atoms with E-state index >= 15 is 0 Å². The van der Waals surface area contributed by atoms with Crippen molar-refractivity contribution in [2.45, 2.75) is 6.92 Å². The van der Waals surface area contributed by atoms with Gasteiger partial charge in [0.25, 0.3) is 0 Å². The first kappa shape index (κ1) is 14.0. The number of aromatic nitrogens is 2. The molecule has 2 aromatic rings. The zero-order valence-corrected chi connectivity index (χ0v) is 11.4. The lowest BCUT2D eigenvalue weighted by Gasteiger charge is -2.10. The summed E-state index contributed by atoms with van der Waals surface area (Å²) < 4.78 is 5.42. The van der Waals surface area contributed by atoms with Crippen LogP contribution >= 0.6 is 0 Å². The maximum absolute atomic E-state index is 9.12. The van der Waals surface area contributed by atoms with Crippen LogP contribution in [0.1, 0.15) is 12.6 Å². The molecule has 0 atom stereocenters. The van der Waals surface area contributed by atoms with Crippen LogP contribution in [-0.4, -0.2) is 30.0 Å². The number of fused-ring (bicyclic) bond motifs is 1. The molecule has 1 heterocycles. The molecule has 5 nitrogen and oxygen atoms in total. The predicted octanol–water partition coefficient (Wildman–Crippen LogP) is 2.51. The molecule has 1 aromatic carbocycles. The molecule has 5 heteroatoms. The van der Waals surface area contributed by atoms with Crippen LogP contribution in [0, 0.1) is 11.3 Å². The number of ether oxygens (including phenoxy) is 1. The van der Waals surface area contributed by atoms with Crippen LogP contribution in [0.15, 0.2) is 36.4 Å². The van der Waals surface area contributed by atoms with Crippen LogP contribution in [0.2, 0.25) is 0 Å². The highest BCUT2D eigenvalue weighted by atomic mass is 16.5. The Balaban J connectivity index is 2.12. The van der Waals surface area contributed by atoms with Gasteiger partial charge >= 0.3 is 0 Å². The van der Waals surface area contributed by atoms with Gasteiger partial charge in [-0.1, -0.05) is 30.4 Å². The number of benzene rings is 1. The summed E-state index contributed by atoms with van der Waals surface area (Å²) in [5, 5.41) is 21.2. The van der Waals surface area contributed by atoms with Crippen molar-refractivity contribution in [1.82, 2.24) is 10.2 Å². The Morgan fingerprint density at radius 1 is 1.40 bits per heavy atom. The van der Waals surface area contributed by atoms with Crippen LogP contribution in [-0.2, 0) is 4.74 Å². The van der Waals surface area contributed by atoms with Gasteiger partial charge in [-0.25, -0.2) is 0 Å². The number of anilines is 1. The fraction of sp³-hybridized carbons (Fsp3) is 0.267. The minimum atomic E-state index is 0.295. The standard InChI is InChI=1S/C15H16N4O/c1-11(2)10-20-8-7-17-15-12-5-3-4-6-13(12)18-19-14(15)9-16/h3-6H,1,7-8,10H2,2H3,(H,17,18). The van der Waals surface area contributed by atoms with Gasteiger partial charge in [0.15, 0.2) is 5.69 Å². The highest BCUT2D eigenvalue weighted by Crippen LogP contribution is 2.23. The lowest BCUT2D eigenvalue weighted by molar-refractivity contribution is 0.167. The smallest absolute Gasteiger partial charge is 0.186 e. The van der Waals surface area contributed by atoms with Crippen molar-refractivity contribution in [3.8, 4) is 6.07 Å². The average molecular weight is 268 g/mol. The number of hydrogen-bond donors (Lipinski definition) is 1. The van der Waals surface area contributed by atoms with E-state index in [-0.39, 0.29) is 0 Å². The monoisotopic (exact) mass is 268 g/mol. The first-order valence-corrected chi connectivity index (χ1v) is 6.34. The molecule has 1 N–H and O–H groups in total. The molecule has 0 fully saturated rings. The molecule has 0 aliphatic heterocycles. The van der Waals surface area contributed by atoms with Gasteiger partial charge in [-0.2, -0.15) is 5.26 Å². The number of nitriles is 1. The van der Waals surface area contributed by atoms with Gasteiger partial charge in [0.05, 0.1) is 24.4 Å². The number of rotatable bonds is 6. The summed E-state index contributed by atoms with van der Waals surface area (Å²) >= 11 is 0. The zero-order valence-electron chi connectivity index (χ0n) is 11.4. The Morgan fingerprint density at radius 2 is 2.20 bits per heavy atom. The van der Waals surface area contributed by atoms with Crippen molar-refractivity contribution in [2.75, 3.05) is 25.1 Å². The Hall–Kier alpha value is -2.45. The van der Waals surface area contributed by atoms with Gasteiger partial charge in [0.2, 0.25) is 0 Å². The molecule has 0 bridgehead atoms. The van der Waals surface area contributed by atoms with Crippen LogP contribution in [0.3, 0.4) is 0 Å². The Morgan fingerprint density at radius 3 is 2.95 bits per heavy atom. The molecule has 0 unspecified atom stereocenters. The van der Waals surface area contributed by atoms with E-state index in [1.165, 1.54) is 0 Å². The molecule has 0 radical (unpaired) electrons. The SMILES string of the molecule is C=C(C)COCCNc1c(C#N)nnc2ccccc12. The molecule has 20 heavy (non-hydrogen) atoms. The van der Waals surface area contributed by atoms with Gasteiger partial charge in [-0.15, -0.1) is 10.2 Å². The van der Waals surface area contributed by atoms with Crippen molar-refractivity contribution in [1.29, 1.82) is 5.26 Å². The van der Waals surface area contributed by atoms with Crippen molar-refractivity contribution < 1.29 is 4.74 Å². The zero-order chi connectivity index (χ0) is 14.4. The van der Waals surface area contributed by atoms with Gasteiger partial charge in [0, 0.05) is 11.9 Å². The third-order valence-corrected chi connectivity index (χ3v) is 2.67. The summed E-state index contributed by atoms with van der Waals surface area (Å²) in [7, 11) is 0. The fourth-order valence-electron chi connectivity index (χ4n) is 1.81. The Kier molecular flexibility index (Phi) is 4.64. The molecule has 102 valence electrons. The van der Waals surface area contributed by atoms with Crippen molar-refractivity contribution in [3.63, 3.8) is 0 Å². The number of nitrogens with zero attached hydrogens (tertiary/aromatic N) is 3. The van der Waals surface area contributed by atoms with Gasteiger partial charge in [-0.3, -0.25) is 0 Å². The van der Waals surface area contributed by atoms with E-state index in [0.717, 1.165) is 16.5 Å². The molecule has 0 saturated heterocycles. The Bertz CT molecular complexity index is 660. The fourth-order valence-corrected chi connectivity index (χ4v) is 1.81. The lowest BCUT2D eigenvalue weighted by atomic mass is 10.1. The molecule has 0 aliphatic rings. The Labute approximate surface area is 117 Å². The van der Waals surface area contributed by atoms with Crippen LogP contribution in [0.25, 0.3) is 10.9 Å². The molecule has 0 spiro atoms. The van der Waals surface area contributed by atoms with E-state index in [1.807, 2.05) is 31.2 Å². The highest BCUT2D eigenvalue weighted by Gasteiger charge is 2.09. The minimum Gasteiger partial charge on any atom is -0.380 e. The summed E-state index contributed by atoms with van der Waals surface area (Å²) in [6.07, 6.45) is 0. The van der Waals surface area contributed by atoms with Gasteiger partial charge < -0.3 is 10.1 Å².